The monoisotopic (exact) mass is 241 g/mol. The largest absolute Gasteiger partial charge is 0.383 e. The molecule has 0 fully saturated rings. The number of hydrogen-bond acceptors (Lipinski definition) is 3. The number of aromatic nitrogens is 2. The minimum atomic E-state index is 0.532. The molecule has 2 rings (SSSR count). The lowest BCUT2D eigenvalue weighted by Gasteiger charge is -2.09. The van der Waals surface area contributed by atoms with Gasteiger partial charge in [-0.1, -0.05) is 38.1 Å². The van der Waals surface area contributed by atoms with E-state index in [9.17, 15) is 0 Å². The molecule has 3 heteroatoms. The summed E-state index contributed by atoms with van der Waals surface area (Å²) in [6.07, 6.45) is 0. The molecule has 2 aromatic rings. The maximum Gasteiger partial charge on any atom is 0.161 e. The summed E-state index contributed by atoms with van der Waals surface area (Å²) in [6, 6.07) is 8.35. The second kappa shape index (κ2) is 4.77. The van der Waals surface area contributed by atoms with E-state index in [1.807, 2.05) is 13.8 Å². The van der Waals surface area contributed by atoms with Gasteiger partial charge in [0.25, 0.3) is 0 Å². The fourth-order valence-corrected chi connectivity index (χ4v) is 1.80. The summed E-state index contributed by atoms with van der Waals surface area (Å²) in [7, 11) is 0. The Morgan fingerprint density at radius 1 is 1.00 bits per heavy atom. The highest BCUT2D eigenvalue weighted by Gasteiger charge is 2.07. The zero-order valence-electron chi connectivity index (χ0n) is 11.4. The van der Waals surface area contributed by atoms with Crippen LogP contribution in [0.3, 0.4) is 0 Å². The molecule has 1 heterocycles. The molecule has 0 aliphatic heterocycles. The summed E-state index contributed by atoms with van der Waals surface area (Å²) in [6.45, 7) is 8.26. The Hall–Kier alpha value is -1.90. The molecule has 0 spiro atoms. The van der Waals surface area contributed by atoms with E-state index >= 15 is 0 Å². The maximum absolute atomic E-state index is 5.89. The molecular weight excluding hydrogens is 222 g/mol. The molecule has 0 saturated carbocycles. The fraction of sp³-hybridized carbons (Fsp3) is 0.333. The summed E-state index contributed by atoms with van der Waals surface area (Å²) in [5, 5.41) is 0. The Morgan fingerprint density at radius 3 is 2.11 bits per heavy atom. The Labute approximate surface area is 108 Å². The van der Waals surface area contributed by atoms with Gasteiger partial charge in [-0.25, -0.2) is 9.97 Å². The van der Waals surface area contributed by atoms with Crippen molar-refractivity contribution in [3.8, 4) is 11.4 Å². The lowest BCUT2D eigenvalue weighted by Crippen LogP contribution is -2.02. The summed E-state index contributed by atoms with van der Waals surface area (Å²) in [4.78, 5) is 8.83. The number of aryl methyl sites for hydroxylation is 1. The molecule has 0 aliphatic rings. The van der Waals surface area contributed by atoms with E-state index in [1.165, 1.54) is 5.56 Å². The molecule has 2 N–H and O–H groups in total. The van der Waals surface area contributed by atoms with Crippen LogP contribution in [0, 0.1) is 13.8 Å². The van der Waals surface area contributed by atoms with Gasteiger partial charge in [-0.3, -0.25) is 0 Å². The second-order valence-electron chi connectivity index (χ2n) is 4.92. The van der Waals surface area contributed by atoms with E-state index in [0.29, 0.717) is 17.6 Å². The highest BCUT2D eigenvalue weighted by atomic mass is 14.9. The third kappa shape index (κ3) is 2.35. The number of anilines is 1. The quantitative estimate of drug-likeness (QED) is 0.876. The van der Waals surface area contributed by atoms with Gasteiger partial charge in [0.05, 0.1) is 0 Å². The van der Waals surface area contributed by atoms with Crippen LogP contribution in [0.1, 0.15) is 36.6 Å². The predicted octanol–water partition coefficient (Wildman–Crippen LogP) is 3.47. The Bertz CT molecular complexity index is 533. The molecule has 3 nitrogen and oxygen atoms in total. The van der Waals surface area contributed by atoms with Crippen molar-refractivity contribution in [3.05, 3.63) is 41.1 Å². The molecule has 18 heavy (non-hydrogen) atoms. The minimum absolute atomic E-state index is 0.532. The summed E-state index contributed by atoms with van der Waals surface area (Å²) in [5.74, 6) is 1.79. The van der Waals surface area contributed by atoms with E-state index < -0.39 is 0 Å². The number of rotatable bonds is 2. The minimum Gasteiger partial charge on any atom is -0.383 e. The van der Waals surface area contributed by atoms with Gasteiger partial charge in [-0.15, -0.1) is 0 Å². The molecule has 0 atom stereocenters. The third-order valence-corrected chi connectivity index (χ3v) is 3.26. The number of hydrogen-bond donors (Lipinski definition) is 1. The van der Waals surface area contributed by atoms with E-state index in [2.05, 4.69) is 48.1 Å². The molecular formula is C15H19N3. The first-order valence-electron chi connectivity index (χ1n) is 6.20. The van der Waals surface area contributed by atoms with Crippen LogP contribution >= 0.6 is 0 Å². The highest BCUT2D eigenvalue weighted by Crippen LogP contribution is 2.22. The van der Waals surface area contributed by atoms with Crippen molar-refractivity contribution in [2.45, 2.75) is 33.6 Å². The van der Waals surface area contributed by atoms with Crippen LogP contribution in [0.4, 0.5) is 5.82 Å². The van der Waals surface area contributed by atoms with Gasteiger partial charge in [-0.2, -0.15) is 0 Å². The average molecular weight is 241 g/mol. The molecule has 0 bridgehead atoms. The predicted molar refractivity (Wildman–Crippen MR) is 75.4 cm³/mol. The van der Waals surface area contributed by atoms with Crippen molar-refractivity contribution in [2.75, 3.05) is 5.73 Å². The first-order valence-corrected chi connectivity index (χ1v) is 6.20. The van der Waals surface area contributed by atoms with Gasteiger partial charge in [0.2, 0.25) is 0 Å². The van der Waals surface area contributed by atoms with E-state index in [-0.39, 0.29) is 0 Å². The molecule has 0 radical (unpaired) electrons. The zero-order chi connectivity index (χ0) is 13.3. The van der Waals surface area contributed by atoms with Crippen LogP contribution in [-0.2, 0) is 0 Å². The van der Waals surface area contributed by atoms with Gasteiger partial charge in [0.1, 0.15) is 5.82 Å². The van der Waals surface area contributed by atoms with Gasteiger partial charge < -0.3 is 5.73 Å². The molecule has 0 amide bonds. The van der Waals surface area contributed by atoms with Crippen LogP contribution < -0.4 is 5.73 Å². The lowest BCUT2D eigenvalue weighted by atomic mass is 10.0. The third-order valence-electron chi connectivity index (χ3n) is 3.26. The van der Waals surface area contributed by atoms with Gasteiger partial charge in [0, 0.05) is 16.8 Å². The Kier molecular flexibility index (Phi) is 3.32. The molecule has 0 saturated heterocycles. The van der Waals surface area contributed by atoms with Crippen LogP contribution in [0.15, 0.2) is 24.3 Å². The van der Waals surface area contributed by atoms with Crippen molar-refractivity contribution >= 4 is 5.82 Å². The van der Waals surface area contributed by atoms with Crippen molar-refractivity contribution in [2.24, 2.45) is 0 Å². The second-order valence-corrected chi connectivity index (χ2v) is 4.92. The van der Waals surface area contributed by atoms with Crippen LogP contribution in [0.5, 0.6) is 0 Å². The van der Waals surface area contributed by atoms with Gasteiger partial charge in [0.15, 0.2) is 5.82 Å². The summed E-state index contributed by atoms with van der Waals surface area (Å²) in [5.41, 5.74) is 10.1. The number of nitrogens with zero attached hydrogens (tertiary/aromatic N) is 2. The van der Waals surface area contributed by atoms with E-state index in [0.717, 1.165) is 16.8 Å². The van der Waals surface area contributed by atoms with Crippen molar-refractivity contribution in [3.63, 3.8) is 0 Å². The van der Waals surface area contributed by atoms with Gasteiger partial charge >= 0.3 is 0 Å². The van der Waals surface area contributed by atoms with Crippen LogP contribution in [-0.4, -0.2) is 9.97 Å². The summed E-state index contributed by atoms with van der Waals surface area (Å²) < 4.78 is 0. The lowest BCUT2D eigenvalue weighted by molar-refractivity contribution is 0.867. The van der Waals surface area contributed by atoms with E-state index in [1.54, 1.807) is 0 Å². The smallest absolute Gasteiger partial charge is 0.161 e. The van der Waals surface area contributed by atoms with Gasteiger partial charge in [-0.05, 0) is 25.3 Å². The molecule has 1 aromatic heterocycles. The standard InChI is InChI=1S/C15H19N3/c1-9(2)12-5-7-13(8-6-12)15-17-11(4)10(3)14(16)18-15/h5-9H,1-4H3,(H2,16,17,18). The highest BCUT2D eigenvalue weighted by molar-refractivity contribution is 5.59. The molecule has 0 aliphatic carbocycles. The molecule has 0 unspecified atom stereocenters. The maximum atomic E-state index is 5.89. The Morgan fingerprint density at radius 2 is 1.61 bits per heavy atom. The fourth-order valence-electron chi connectivity index (χ4n) is 1.80. The van der Waals surface area contributed by atoms with Crippen molar-refractivity contribution in [1.29, 1.82) is 0 Å². The number of nitrogen functional groups attached to an aromatic ring is 1. The first-order chi connectivity index (χ1) is 8.49. The SMILES string of the molecule is Cc1nc(-c2ccc(C(C)C)cc2)nc(N)c1C. The average Bonchev–Trinajstić information content (AvgIpc) is 2.35. The number of benzene rings is 1. The van der Waals surface area contributed by atoms with Crippen LogP contribution in [0.2, 0.25) is 0 Å². The van der Waals surface area contributed by atoms with Crippen LogP contribution in [0.25, 0.3) is 11.4 Å². The normalized spacial score (nSPS) is 10.9. The topological polar surface area (TPSA) is 51.8 Å². The molecule has 1 aromatic carbocycles. The summed E-state index contributed by atoms with van der Waals surface area (Å²) >= 11 is 0. The zero-order valence-corrected chi connectivity index (χ0v) is 11.4. The van der Waals surface area contributed by atoms with E-state index in [4.69, 9.17) is 5.73 Å². The number of nitrogens with two attached hydrogens (primary N) is 1. The Balaban J connectivity index is 2.43. The first kappa shape index (κ1) is 12.6. The van der Waals surface area contributed by atoms with Crippen molar-refractivity contribution < 1.29 is 0 Å². The molecule has 94 valence electrons. The van der Waals surface area contributed by atoms with Crippen molar-refractivity contribution in [1.82, 2.24) is 9.97 Å².